The second kappa shape index (κ2) is 8.86. The summed E-state index contributed by atoms with van der Waals surface area (Å²) in [6.07, 6.45) is 1.89. The highest BCUT2D eigenvalue weighted by Crippen LogP contribution is 2.23. The van der Waals surface area contributed by atoms with Crippen LogP contribution in [0.4, 0.5) is 5.82 Å². The summed E-state index contributed by atoms with van der Waals surface area (Å²) < 4.78 is 0. The fraction of sp³-hybridized carbons (Fsp3) is 0.292. The molecule has 0 saturated carbocycles. The summed E-state index contributed by atoms with van der Waals surface area (Å²) in [6.45, 7) is 4.23. The molecular weight excluding hydrogens is 360 g/mol. The number of rotatable bonds is 5. The molecule has 5 nitrogen and oxygen atoms in total. The summed E-state index contributed by atoms with van der Waals surface area (Å²) in [7, 11) is 0. The lowest BCUT2D eigenvalue weighted by molar-refractivity contribution is -0.125. The van der Waals surface area contributed by atoms with Gasteiger partial charge in [-0.25, -0.2) is 0 Å². The van der Waals surface area contributed by atoms with E-state index >= 15 is 0 Å². The molecule has 1 N–H and O–H groups in total. The van der Waals surface area contributed by atoms with Gasteiger partial charge < -0.3 is 10.2 Å². The lowest BCUT2D eigenvalue weighted by atomic mass is 9.97. The number of carbonyl (C=O) groups is 1. The Morgan fingerprint density at radius 2 is 1.83 bits per heavy atom. The van der Waals surface area contributed by atoms with E-state index in [1.807, 2.05) is 54.6 Å². The van der Waals surface area contributed by atoms with Crippen LogP contribution in [0.2, 0.25) is 0 Å². The van der Waals surface area contributed by atoms with E-state index in [4.69, 9.17) is 0 Å². The van der Waals surface area contributed by atoms with Crippen molar-refractivity contribution in [2.75, 3.05) is 18.0 Å². The minimum absolute atomic E-state index is 0.0247. The van der Waals surface area contributed by atoms with Gasteiger partial charge in [0.2, 0.25) is 5.91 Å². The minimum atomic E-state index is -0.0247. The quantitative estimate of drug-likeness (QED) is 0.720. The van der Waals surface area contributed by atoms with Gasteiger partial charge in [-0.3, -0.25) is 4.79 Å². The summed E-state index contributed by atoms with van der Waals surface area (Å²) in [6, 6.07) is 22.2. The van der Waals surface area contributed by atoms with Gasteiger partial charge in [0.05, 0.1) is 11.6 Å². The number of aromatic nitrogens is 2. The number of benzene rings is 2. The molecule has 1 fully saturated rings. The molecule has 2 aromatic carbocycles. The molecule has 1 aliphatic rings. The first-order valence-electron chi connectivity index (χ1n) is 10.2. The number of hydrogen-bond donors (Lipinski definition) is 1. The Morgan fingerprint density at radius 3 is 2.59 bits per heavy atom. The summed E-state index contributed by atoms with van der Waals surface area (Å²) in [5.74, 6) is 0.927. The van der Waals surface area contributed by atoms with Crippen LogP contribution < -0.4 is 10.2 Å². The maximum Gasteiger partial charge on any atom is 0.225 e. The second-order valence-electron chi connectivity index (χ2n) is 7.57. The standard InChI is InChI=1S/C24H26N4O/c1-18-8-5-6-11-20(18)16-25-24(29)21-12-7-15-28(17-21)23-14-13-22(26-27-23)19-9-3-2-4-10-19/h2-6,8-11,13-14,21H,7,12,15-17H2,1H3,(H,25,29). The number of anilines is 1. The Balaban J connectivity index is 1.38. The monoisotopic (exact) mass is 386 g/mol. The molecule has 148 valence electrons. The van der Waals surface area contributed by atoms with Crippen molar-refractivity contribution < 1.29 is 4.79 Å². The number of nitrogens with one attached hydrogen (secondary N) is 1. The van der Waals surface area contributed by atoms with Crippen molar-refractivity contribution in [3.63, 3.8) is 0 Å². The van der Waals surface area contributed by atoms with Crippen LogP contribution >= 0.6 is 0 Å². The van der Waals surface area contributed by atoms with Crippen molar-refractivity contribution in [3.05, 3.63) is 77.9 Å². The fourth-order valence-electron chi connectivity index (χ4n) is 3.79. The molecule has 2 heterocycles. The first kappa shape index (κ1) is 19.1. The molecule has 1 amide bonds. The largest absolute Gasteiger partial charge is 0.354 e. The van der Waals surface area contributed by atoms with E-state index in [9.17, 15) is 4.79 Å². The number of aryl methyl sites for hydroxylation is 1. The SMILES string of the molecule is Cc1ccccc1CNC(=O)C1CCCN(c2ccc(-c3ccccc3)nn2)C1. The van der Waals surface area contributed by atoms with Crippen molar-refractivity contribution in [2.45, 2.75) is 26.3 Å². The van der Waals surface area contributed by atoms with Crippen LogP contribution in [0.25, 0.3) is 11.3 Å². The Hall–Kier alpha value is -3.21. The third kappa shape index (κ3) is 4.62. The van der Waals surface area contributed by atoms with Crippen LogP contribution in [0.5, 0.6) is 0 Å². The normalized spacial score (nSPS) is 16.4. The van der Waals surface area contributed by atoms with E-state index < -0.39 is 0 Å². The van der Waals surface area contributed by atoms with Gasteiger partial charge in [0.25, 0.3) is 0 Å². The minimum Gasteiger partial charge on any atom is -0.354 e. The lowest BCUT2D eigenvalue weighted by Gasteiger charge is -2.32. The van der Waals surface area contributed by atoms with Gasteiger partial charge in [0, 0.05) is 25.2 Å². The molecule has 29 heavy (non-hydrogen) atoms. The van der Waals surface area contributed by atoms with Gasteiger partial charge in [0.1, 0.15) is 0 Å². The van der Waals surface area contributed by atoms with Gasteiger partial charge in [-0.15, -0.1) is 10.2 Å². The van der Waals surface area contributed by atoms with E-state index in [1.54, 1.807) is 0 Å². The molecular formula is C24H26N4O. The average molecular weight is 386 g/mol. The highest BCUT2D eigenvalue weighted by atomic mass is 16.1. The first-order valence-corrected chi connectivity index (χ1v) is 10.2. The molecule has 0 bridgehead atoms. The van der Waals surface area contributed by atoms with Gasteiger partial charge in [0.15, 0.2) is 5.82 Å². The van der Waals surface area contributed by atoms with Crippen LogP contribution in [0.3, 0.4) is 0 Å². The predicted molar refractivity (Wildman–Crippen MR) is 115 cm³/mol. The summed E-state index contributed by atoms with van der Waals surface area (Å²) >= 11 is 0. The molecule has 5 heteroatoms. The zero-order valence-corrected chi connectivity index (χ0v) is 16.7. The number of amides is 1. The number of nitrogens with zero attached hydrogens (tertiary/aromatic N) is 3. The molecule has 1 aliphatic heterocycles. The molecule has 0 radical (unpaired) electrons. The molecule has 1 atom stereocenters. The highest BCUT2D eigenvalue weighted by molar-refractivity contribution is 5.79. The summed E-state index contributed by atoms with van der Waals surface area (Å²) in [4.78, 5) is 14.9. The predicted octanol–water partition coefficient (Wildman–Crippen LogP) is 3.98. The van der Waals surface area contributed by atoms with Crippen molar-refractivity contribution in [3.8, 4) is 11.3 Å². The summed E-state index contributed by atoms with van der Waals surface area (Å²) in [5.41, 5.74) is 4.28. The second-order valence-corrected chi connectivity index (χ2v) is 7.57. The number of carbonyl (C=O) groups excluding carboxylic acids is 1. The van der Waals surface area contributed by atoms with Crippen LogP contribution in [0.15, 0.2) is 66.7 Å². The van der Waals surface area contributed by atoms with Crippen LogP contribution in [-0.4, -0.2) is 29.2 Å². The molecule has 1 saturated heterocycles. The third-order valence-corrected chi connectivity index (χ3v) is 5.55. The van der Waals surface area contributed by atoms with E-state index in [0.717, 1.165) is 42.0 Å². The zero-order valence-electron chi connectivity index (χ0n) is 16.7. The molecule has 4 rings (SSSR count). The van der Waals surface area contributed by atoms with Crippen molar-refractivity contribution in [1.82, 2.24) is 15.5 Å². The van der Waals surface area contributed by atoms with Crippen molar-refractivity contribution in [2.24, 2.45) is 5.92 Å². The topological polar surface area (TPSA) is 58.1 Å². The average Bonchev–Trinajstić information content (AvgIpc) is 2.79. The maximum atomic E-state index is 12.7. The third-order valence-electron chi connectivity index (χ3n) is 5.55. The Bertz CT molecular complexity index is 956. The number of hydrogen-bond acceptors (Lipinski definition) is 4. The lowest BCUT2D eigenvalue weighted by Crippen LogP contribution is -2.43. The van der Waals surface area contributed by atoms with Gasteiger partial charge in [-0.2, -0.15) is 0 Å². The molecule has 3 aromatic rings. The highest BCUT2D eigenvalue weighted by Gasteiger charge is 2.26. The maximum absolute atomic E-state index is 12.7. The molecule has 1 aromatic heterocycles. The van der Waals surface area contributed by atoms with E-state index in [2.05, 4.69) is 39.5 Å². The van der Waals surface area contributed by atoms with E-state index in [1.165, 1.54) is 5.56 Å². The number of piperidine rings is 1. The van der Waals surface area contributed by atoms with Gasteiger partial charge >= 0.3 is 0 Å². The van der Waals surface area contributed by atoms with E-state index in [0.29, 0.717) is 13.1 Å². The first-order chi connectivity index (χ1) is 14.2. The fourth-order valence-corrected chi connectivity index (χ4v) is 3.79. The van der Waals surface area contributed by atoms with Crippen molar-refractivity contribution in [1.29, 1.82) is 0 Å². The van der Waals surface area contributed by atoms with Gasteiger partial charge in [-0.05, 0) is 43.0 Å². The Morgan fingerprint density at radius 1 is 1.03 bits per heavy atom. The summed E-state index contributed by atoms with van der Waals surface area (Å²) in [5, 5.41) is 11.9. The molecule has 0 spiro atoms. The smallest absolute Gasteiger partial charge is 0.225 e. The van der Waals surface area contributed by atoms with Crippen LogP contribution in [-0.2, 0) is 11.3 Å². The molecule has 0 aliphatic carbocycles. The molecule has 1 unspecified atom stereocenters. The Kier molecular flexibility index (Phi) is 5.84. The van der Waals surface area contributed by atoms with Crippen molar-refractivity contribution >= 4 is 11.7 Å². The van der Waals surface area contributed by atoms with Crippen LogP contribution in [0, 0.1) is 12.8 Å². The van der Waals surface area contributed by atoms with Crippen LogP contribution in [0.1, 0.15) is 24.0 Å². The Labute approximate surface area is 171 Å². The van der Waals surface area contributed by atoms with Gasteiger partial charge in [-0.1, -0.05) is 54.6 Å². The zero-order chi connectivity index (χ0) is 20.1. The van der Waals surface area contributed by atoms with E-state index in [-0.39, 0.29) is 11.8 Å².